The minimum atomic E-state index is -0.670. The van der Waals surface area contributed by atoms with Gasteiger partial charge >= 0.3 is 5.97 Å². The minimum Gasteiger partial charge on any atom is -0.466 e. The van der Waals surface area contributed by atoms with Gasteiger partial charge in [-0.2, -0.15) is 5.26 Å². The van der Waals surface area contributed by atoms with Gasteiger partial charge in [-0.25, -0.2) is 4.98 Å². The summed E-state index contributed by atoms with van der Waals surface area (Å²) in [5.41, 5.74) is 9.15. The molecule has 3 heterocycles. The number of rotatable bonds is 9. The molecular formula is C27H24ClN7O4S3. The number of allylic oxidation sites excluding steroid dienone is 3. The highest BCUT2D eigenvalue weighted by Gasteiger charge is 2.41. The fourth-order valence-electron chi connectivity index (χ4n) is 4.76. The van der Waals surface area contributed by atoms with E-state index in [2.05, 4.69) is 26.6 Å². The number of Topliss-reactive ketones (excluding diaryl/α,β-unsaturated/α-hetero) is 1. The van der Waals surface area contributed by atoms with Gasteiger partial charge in [-0.05, 0) is 31.4 Å². The Labute approximate surface area is 258 Å². The lowest BCUT2D eigenvalue weighted by atomic mass is 9.76. The van der Waals surface area contributed by atoms with Gasteiger partial charge in [-0.1, -0.05) is 52.9 Å². The Kier molecular flexibility index (Phi) is 9.22. The monoisotopic (exact) mass is 641 g/mol. The molecule has 0 radical (unpaired) electrons. The predicted molar refractivity (Wildman–Crippen MR) is 161 cm³/mol. The number of carbonyl (C=O) groups is 3. The maximum absolute atomic E-state index is 13.3. The predicted octanol–water partition coefficient (Wildman–Crippen LogP) is 4.79. The summed E-state index contributed by atoms with van der Waals surface area (Å²) in [7, 11) is 0. The van der Waals surface area contributed by atoms with Gasteiger partial charge in [0.15, 0.2) is 15.3 Å². The van der Waals surface area contributed by atoms with E-state index in [1.165, 1.54) is 34.4 Å². The Bertz CT molecular complexity index is 1660. The normalized spacial score (nSPS) is 16.7. The molecular weight excluding hydrogens is 618 g/mol. The van der Waals surface area contributed by atoms with Crippen molar-refractivity contribution in [2.24, 2.45) is 5.73 Å². The van der Waals surface area contributed by atoms with Gasteiger partial charge in [0.05, 0.1) is 42.0 Å². The number of thiazole rings is 1. The second-order valence-electron chi connectivity index (χ2n) is 9.15. The zero-order valence-electron chi connectivity index (χ0n) is 22.3. The number of anilines is 2. The highest BCUT2D eigenvalue weighted by molar-refractivity contribution is 8.01. The molecule has 1 unspecified atom stereocenters. The molecule has 0 spiro atoms. The van der Waals surface area contributed by atoms with Crippen molar-refractivity contribution in [3.63, 3.8) is 0 Å². The van der Waals surface area contributed by atoms with Crippen LogP contribution >= 0.6 is 46.0 Å². The van der Waals surface area contributed by atoms with Crippen LogP contribution in [0.3, 0.4) is 0 Å². The van der Waals surface area contributed by atoms with E-state index in [-0.39, 0.29) is 47.8 Å². The van der Waals surface area contributed by atoms with Crippen molar-refractivity contribution >= 4 is 74.0 Å². The molecule has 1 aromatic carbocycles. The number of amides is 1. The molecule has 11 nitrogen and oxygen atoms in total. The van der Waals surface area contributed by atoms with Crippen molar-refractivity contribution in [2.45, 2.75) is 42.9 Å². The van der Waals surface area contributed by atoms with Crippen molar-refractivity contribution in [1.29, 1.82) is 5.26 Å². The van der Waals surface area contributed by atoms with Crippen LogP contribution in [0, 0.1) is 11.3 Å². The van der Waals surface area contributed by atoms with Crippen LogP contribution < -0.4 is 16.0 Å². The SMILES string of the molecule is CCOC(=O)Cc1csc(NC(=O)CSc2nnc(N3C(N)=C(C#N)C(c4ccccc4Cl)C4=C3CCCC4=O)s2)n1. The summed E-state index contributed by atoms with van der Waals surface area (Å²) in [5, 5.41) is 24.3. The Hall–Kier alpha value is -3.77. The lowest BCUT2D eigenvalue weighted by Gasteiger charge is -2.38. The van der Waals surface area contributed by atoms with Crippen LogP contribution in [0.25, 0.3) is 0 Å². The van der Waals surface area contributed by atoms with Gasteiger partial charge in [0.2, 0.25) is 11.0 Å². The van der Waals surface area contributed by atoms with Gasteiger partial charge in [0.25, 0.3) is 0 Å². The highest BCUT2D eigenvalue weighted by atomic mass is 35.5. The highest BCUT2D eigenvalue weighted by Crippen LogP contribution is 2.48. The molecule has 1 atom stereocenters. The van der Waals surface area contributed by atoms with Crippen LogP contribution in [0.4, 0.5) is 10.3 Å². The number of esters is 1. The topological polar surface area (TPSA) is 164 Å². The molecule has 3 N–H and O–H groups in total. The van der Waals surface area contributed by atoms with Crippen molar-refractivity contribution in [2.75, 3.05) is 22.6 Å². The van der Waals surface area contributed by atoms with Gasteiger partial charge in [-0.15, -0.1) is 21.5 Å². The number of ether oxygens (including phenoxy) is 1. The van der Waals surface area contributed by atoms with E-state index in [9.17, 15) is 19.6 Å². The van der Waals surface area contributed by atoms with Crippen LogP contribution in [0.5, 0.6) is 0 Å². The number of carbonyl (C=O) groups excluding carboxylic acids is 3. The third-order valence-electron chi connectivity index (χ3n) is 6.47. The molecule has 2 aromatic heterocycles. The molecule has 1 aliphatic carbocycles. The maximum Gasteiger partial charge on any atom is 0.311 e. The zero-order valence-corrected chi connectivity index (χ0v) is 25.5. The lowest BCUT2D eigenvalue weighted by Crippen LogP contribution is -2.38. The van der Waals surface area contributed by atoms with Crippen molar-refractivity contribution in [3.8, 4) is 6.07 Å². The van der Waals surface area contributed by atoms with E-state index in [0.717, 1.165) is 0 Å². The number of halogens is 1. The van der Waals surface area contributed by atoms with Gasteiger partial charge in [0.1, 0.15) is 5.82 Å². The number of ketones is 1. The summed E-state index contributed by atoms with van der Waals surface area (Å²) in [6.45, 7) is 2.02. The molecule has 0 saturated carbocycles. The van der Waals surface area contributed by atoms with Crippen molar-refractivity contribution in [1.82, 2.24) is 15.2 Å². The fraction of sp³-hybridized carbons (Fsp3) is 0.296. The number of thioether (sulfide) groups is 1. The summed E-state index contributed by atoms with van der Waals surface area (Å²) in [6.07, 6.45) is 1.60. The average Bonchev–Trinajstić information content (AvgIpc) is 3.61. The number of benzene rings is 1. The third kappa shape index (κ3) is 6.19. The first-order chi connectivity index (χ1) is 20.3. The first-order valence-electron chi connectivity index (χ1n) is 12.9. The molecule has 0 bridgehead atoms. The van der Waals surface area contributed by atoms with Crippen molar-refractivity contribution < 1.29 is 19.1 Å². The first kappa shape index (κ1) is 29.7. The molecule has 3 aromatic rings. The maximum atomic E-state index is 13.3. The molecule has 0 saturated heterocycles. The second-order valence-corrected chi connectivity index (χ2v) is 12.6. The molecule has 15 heteroatoms. The molecule has 42 heavy (non-hydrogen) atoms. The number of hydrogen-bond donors (Lipinski definition) is 2. The summed E-state index contributed by atoms with van der Waals surface area (Å²) < 4.78 is 5.43. The molecule has 1 amide bonds. The Morgan fingerprint density at radius 1 is 1.31 bits per heavy atom. The summed E-state index contributed by atoms with van der Waals surface area (Å²) in [5.74, 6) is -1.20. The summed E-state index contributed by atoms with van der Waals surface area (Å²) in [6, 6.07) is 9.34. The van der Waals surface area contributed by atoms with E-state index in [0.29, 0.717) is 61.4 Å². The van der Waals surface area contributed by atoms with Crippen LogP contribution in [-0.4, -0.2) is 45.2 Å². The Balaban J connectivity index is 1.33. The zero-order chi connectivity index (χ0) is 29.8. The number of hydrogen-bond acceptors (Lipinski definition) is 13. The van der Waals surface area contributed by atoms with Crippen LogP contribution in [0.2, 0.25) is 5.02 Å². The molecule has 1 aliphatic heterocycles. The van der Waals surface area contributed by atoms with E-state index in [1.807, 2.05) is 6.07 Å². The Morgan fingerprint density at radius 3 is 2.88 bits per heavy atom. The number of nitrogens with zero attached hydrogens (tertiary/aromatic N) is 5. The number of nitrogens with two attached hydrogens (primary N) is 1. The number of nitriles is 1. The summed E-state index contributed by atoms with van der Waals surface area (Å²) >= 11 is 10.1. The largest absolute Gasteiger partial charge is 0.466 e. The average molecular weight is 642 g/mol. The number of nitrogens with one attached hydrogen (secondary N) is 1. The lowest BCUT2D eigenvalue weighted by molar-refractivity contribution is -0.142. The van der Waals surface area contributed by atoms with E-state index < -0.39 is 5.92 Å². The summed E-state index contributed by atoms with van der Waals surface area (Å²) in [4.78, 5) is 43.4. The van der Waals surface area contributed by atoms with E-state index in [4.69, 9.17) is 22.1 Å². The van der Waals surface area contributed by atoms with E-state index in [1.54, 1.807) is 35.4 Å². The second kappa shape index (κ2) is 13.0. The molecule has 216 valence electrons. The van der Waals surface area contributed by atoms with Gasteiger partial charge in [-0.3, -0.25) is 19.3 Å². The van der Waals surface area contributed by atoms with Crippen LogP contribution in [0.15, 0.2) is 56.6 Å². The smallest absolute Gasteiger partial charge is 0.311 e. The molecule has 0 fully saturated rings. The fourth-order valence-corrected chi connectivity index (χ4v) is 7.42. The Morgan fingerprint density at radius 2 is 2.12 bits per heavy atom. The molecule has 2 aliphatic rings. The number of aromatic nitrogens is 3. The molecule has 5 rings (SSSR count). The third-order valence-corrected chi connectivity index (χ3v) is 9.66. The van der Waals surface area contributed by atoms with Gasteiger partial charge < -0.3 is 15.8 Å². The minimum absolute atomic E-state index is 0.0347. The van der Waals surface area contributed by atoms with E-state index >= 15 is 0 Å². The quantitative estimate of drug-likeness (QED) is 0.244. The van der Waals surface area contributed by atoms with Crippen LogP contribution in [-0.2, 0) is 25.5 Å². The standard InChI is InChI=1S/C27H24ClN7O4S3/c1-2-39-21(38)10-14-12-40-25(31-14)32-20(37)13-41-27-34-33-26(42-27)35-18-8-5-9-19(36)23(18)22(16(11-29)24(35)30)15-6-3-4-7-17(15)28/h3-4,6-7,12,22H,2,5,8-10,13,30H2,1H3,(H,31,32,37). The van der Waals surface area contributed by atoms with Gasteiger partial charge in [0, 0.05) is 28.1 Å². The van der Waals surface area contributed by atoms with Crippen LogP contribution in [0.1, 0.15) is 43.4 Å². The first-order valence-corrected chi connectivity index (χ1v) is 15.9. The van der Waals surface area contributed by atoms with Crippen molar-refractivity contribution in [3.05, 3.63) is 68.6 Å².